The van der Waals surface area contributed by atoms with Crippen molar-refractivity contribution in [1.29, 1.82) is 0 Å². The summed E-state index contributed by atoms with van der Waals surface area (Å²) in [4.78, 5) is 0. The van der Waals surface area contributed by atoms with E-state index in [1.165, 1.54) is 76.3 Å². The van der Waals surface area contributed by atoms with Gasteiger partial charge in [-0.3, -0.25) is 0 Å². The van der Waals surface area contributed by atoms with E-state index in [0.29, 0.717) is 11.8 Å². The van der Waals surface area contributed by atoms with Gasteiger partial charge in [0, 0.05) is 0 Å². The summed E-state index contributed by atoms with van der Waals surface area (Å²) in [6.07, 6.45) is 11.2. The number of aryl methyl sites for hydroxylation is 1. The van der Waals surface area contributed by atoms with E-state index in [4.69, 9.17) is 0 Å². The third-order valence-electron chi connectivity index (χ3n) is 8.48. The number of benzene rings is 1. The highest BCUT2D eigenvalue weighted by atomic mass is 19.4. The molecule has 0 radical (unpaired) electrons. The first kappa shape index (κ1) is 22.9. The van der Waals surface area contributed by atoms with Gasteiger partial charge in [-0.15, -0.1) is 13.2 Å². The first-order valence-corrected chi connectivity index (χ1v) is 12.4. The van der Waals surface area contributed by atoms with E-state index in [1.807, 2.05) is 0 Å². The Balaban J connectivity index is 1.29. The van der Waals surface area contributed by atoms with Gasteiger partial charge in [0.15, 0.2) is 11.6 Å². The standard InChI is InChI=1S/C26H36F4O/c1-2-3-17-4-6-18(7-5-17)19-8-10-20(11-9-19)21-12-13-22-16-25(31-26(28,29)30)24(27)15-23(22)14-21/h15-21H,2-14H2,1H3. The second kappa shape index (κ2) is 9.70. The zero-order valence-electron chi connectivity index (χ0n) is 18.7. The van der Waals surface area contributed by atoms with Crippen LogP contribution in [0.2, 0.25) is 0 Å². The molecular formula is C26H36F4O. The maximum Gasteiger partial charge on any atom is 0.573 e. The fraction of sp³-hybridized carbons (Fsp3) is 0.769. The number of hydrogen-bond donors (Lipinski definition) is 0. The molecule has 0 saturated heterocycles. The number of halogens is 4. The van der Waals surface area contributed by atoms with Crippen molar-refractivity contribution in [3.8, 4) is 5.75 Å². The van der Waals surface area contributed by atoms with Crippen LogP contribution in [0.1, 0.15) is 88.7 Å². The van der Waals surface area contributed by atoms with E-state index in [0.717, 1.165) is 48.1 Å². The molecule has 1 aromatic carbocycles. The zero-order valence-corrected chi connectivity index (χ0v) is 18.7. The number of rotatable bonds is 5. The minimum Gasteiger partial charge on any atom is -0.403 e. The molecule has 0 bridgehead atoms. The first-order chi connectivity index (χ1) is 14.8. The molecule has 2 saturated carbocycles. The third-order valence-corrected chi connectivity index (χ3v) is 8.48. The van der Waals surface area contributed by atoms with E-state index in [9.17, 15) is 17.6 Å². The molecule has 4 rings (SSSR count). The second-order valence-electron chi connectivity index (χ2n) is 10.3. The highest BCUT2D eigenvalue weighted by Gasteiger charge is 2.36. The van der Waals surface area contributed by atoms with Crippen LogP contribution in [-0.4, -0.2) is 6.36 Å². The molecule has 0 amide bonds. The van der Waals surface area contributed by atoms with E-state index >= 15 is 0 Å². The average Bonchev–Trinajstić information content (AvgIpc) is 2.74. The molecule has 1 unspecified atom stereocenters. The van der Waals surface area contributed by atoms with Crippen LogP contribution in [0.4, 0.5) is 17.6 Å². The van der Waals surface area contributed by atoms with Crippen LogP contribution in [0.25, 0.3) is 0 Å². The Kier molecular flexibility index (Phi) is 7.17. The molecule has 0 aliphatic heterocycles. The highest BCUT2D eigenvalue weighted by molar-refractivity contribution is 5.39. The van der Waals surface area contributed by atoms with Crippen molar-refractivity contribution in [2.75, 3.05) is 0 Å². The number of ether oxygens (including phenoxy) is 1. The van der Waals surface area contributed by atoms with Gasteiger partial charge in [-0.25, -0.2) is 4.39 Å². The van der Waals surface area contributed by atoms with E-state index < -0.39 is 17.9 Å². The fourth-order valence-corrected chi connectivity index (χ4v) is 6.83. The molecule has 0 spiro atoms. The minimum absolute atomic E-state index is 0.530. The quantitative estimate of drug-likeness (QED) is 0.419. The van der Waals surface area contributed by atoms with Crippen molar-refractivity contribution >= 4 is 0 Å². The summed E-state index contributed by atoms with van der Waals surface area (Å²) >= 11 is 0. The van der Waals surface area contributed by atoms with Crippen LogP contribution in [0.15, 0.2) is 12.1 Å². The van der Waals surface area contributed by atoms with Crippen LogP contribution < -0.4 is 4.74 Å². The summed E-state index contributed by atoms with van der Waals surface area (Å²) in [7, 11) is 0. The van der Waals surface area contributed by atoms with Gasteiger partial charge >= 0.3 is 6.36 Å². The summed E-state index contributed by atoms with van der Waals surface area (Å²) < 4.78 is 55.5. The van der Waals surface area contributed by atoms with Crippen LogP contribution >= 0.6 is 0 Å². The van der Waals surface area contributed by atoms with Crippen LogP contribution in [0.3, 0.4) is 0 Å². The van der Waals surface area contributed by atoms with Gasteiger partial charge in [0.2, 0.25) is 0 Å². The molecule has 3 aliphatic carbocycles. The molecule has 0 aromatic heterocycles. The summed E-state index contributed by atoms with van der Waals surface area (Å²) in [6.45, 7) is 2.29. The lowest BCUT2D eigenvalue weighted by Gasteiger charge is -2.41. The SMILES string of the molecule is CCCC1CCC(C2CCC(C3CCc4cc(OC(F)(F)F)c(F)cc4C3)CC2)CC1. The Hall–Kier alpha value is -1.26. The summed E-state index contributed by atoms with van der Waals surface area (Å²) in [5, 5.41) is 0. The molecule has 2 fully saturated rings. The Morgan fingerprint density at radius 2 is 1.39 bits per heavy atom. The minimum atomic E-state index is -4.86. The van der Waals surface area contributed by atoms with Crippen molar-refractivity contribution in [3.05, 3.63) is 29.1 Å². The molecule has 174 valence electrons. The molecule has 0 N–H and O–H groups in total. The molecule has 0 heterocycles. The fourth-order valence-electron chi connectivity index (χ4n) is 6.83. The van der Waals surface area contributed by atoms with Crippen molar-refractivity contribution < 1.29 is 22.3 Å². The Labute approximate surface area is 183 Å². The van der Waals surface area contributed by atoms with Gasteiger partial charge in [-0.2, -0.15) is 0 Å². The van der Waals surface area contributed by atoms with E-state index in [-0.39, 0.29) is 0 Å². The summed E-state index contributed by atoms with van der Waals surface area (Å²) in [5.74, 6) is 2.37. The molecule has 3 aliphatic rings. The van der Waals surface area contributed by atoms with Crippen molar-refractivity contribution in [3.63, 3.8) is 0 Å². The molecular weight excluding hydrogens is 404 g/mol. The predicted molar refractivity (Wildman–Crippen MR) is 114 cm³/mol. The molecule has 1 nitrogen and oxygen atoms in total. The maximum atomic E-state index is 14.2. The number of alkyl halides is 3. The van der Waals surface area contributed by atoms with Crippen molar-refractivity contribution in [2.45, 2.75) is 96.8 Å². The van der Waals surface area contributed by atoms with Gasteiger partial charge in [0.1, 0.15) is 0 Å². The van der Waals surface area contributed by atoms with Crippen molar-refractivity contribution in [2.24, 2.45) is 29.6 Å². The Morgan fingerprint density at radius 1 is 0.806 bits per heavy atom. The normalized spacial score (nSPS) is 31.8. The molecule has 31 heavy (non-hydrogen) atoms. The average molecular weight is 441 g/mol. The Bertz CT molecular complexity index is 728. The number of hydrogen-bond acceptors (Lipinski definition) is 1. The van der Waals surface area contributed by atoms with Crippen molar-refractivity contribution in [1.82, 2.24) is 0 Å². The number of fused-ring (bicyclic) bond motifs is 1. The third kappa shape index (κ3) is 5.76. The monoisotopic (exact) mass is 440 g/mol. The molecule has 1 atom stereocenters. The van der Waals surface area contributed by atoms with Gasteiger partial charge in [0.05, 0.1) is 0 Å². The smallest absolute Gasteiger partial charge is 0.403 e. The summed E-state index contributed by atoms with van der Waals surface area (Å²) in [6, 6.07) is 2.54. The lowest BCUT2D eigenvalue weighted by molar-refractivity contribution is -0.275. The zero-order chi connectivity index (χ0) is 22.0. The lowest BCUT2D eigenvalue weighted by atomic mass is 9.65. The largest absolute Gasteiger partial charge is 0.573 e. The Morgan fingerprint density at radius 3 is 1.97 bits per heavy atom. The van der Waals surface area contributed by atoms with Gasteiger partial charge in [-0.05, 0) is 111 Å². The van der Waals surface area contributed by atoms with E-state index in [2.05, 4.69) is 11.7 Å². The first-order valence-electron chi connectivity index (χ1n) is 12.4. The summed E-state index contributed by atoms with van der Waals surface area (Å²) in [5.41, 5.74) is 1.69. The van der Waals surface area contributed by atoms with Gasteiger partial charge in [-0.1, -0.05) is 32.6 Å². The lowest BCUT2D eigenvalue weighted by Crippen LogP contribution is -2.30. The van der Waals surface area contributed by atoms with Crippen LogP contribution in [0.5, 0.6) is 5.75 Å². The van der Waals surface area contributed by atoms with E-state index in [1.54, 1.807) is 0 Å². The van der Waals surface area contributed by atoms with Gasteiger partial charge < -0.3 is 4.74 Å². The highest BCUT2D eigenvalue weighted by Crippen LogP contribution is 2.46. The molecule has 5 heteroatoms. The van der Waals surface area contributed by atoms with Crippen LogP contribution in [0, 0.1) is 35.4 Å². The molecule has 1 aromatic rings. The second-order valence-corrected chi connectivity index (χ2v) is 10.3. The topological polar surface area (TPSA) is 9.23 Å². The predicted octanol–water partition coefficient (Wildman–Crippen LogP) is 8.24. The van der Waals surface area contributed by atoms with Gasteiger partial charge in [0.25, 0.3) is 0 Å². The maximum absolute atomic E-state index is 14.2. The van der Waals surface area contributed by atoms with Crippen LogP contribution in [-0.2, 0) is 12.8 Å².